The second-order valence-corrected chi connectivity index (χ2v) is 19.9. The molecule has 6 fully saturated rings. The van der Waals surface area contributed by atoms with Crippen molar-refractivity contribution in [3.05, 3.63) is 52.1 Å². The molecule has 0 radical (unpaired) electrons. The Balaban J connectivity index is 0.838. The van der Waals surface area contributed by atoms with Crippen LogP contribution in [-0.2, 0) is 57.0 Å². The molecule has 0 aromatic heterocycles. The molecule has 4 N–H and O–H groups in total. The van der Waals surface area contributed by atoms with E-state index in [-0.39, 0.29) is 65.0 Å². The molecule has 0 bridgehead atoms. The highest BCUT2D eigenvalue weighted by atomic mass is 16.7. The lowest BCUT2D eigenvalue weighted by Crippen LogP contribution is -2.69. The van der Waals surface area contributed by atoms with Crippen LogP contribution < -0.4 is 0 Å². The first-order chi connectivity index (χ1) is 31.7. The normalized spacial score (nSPS) is 43.7. The van der Waals surface area contributed by atoms with Gasteiger partial charge in [-0.25, -0.2) is 0 Å². The average molecular weight is 939 g/mol. The third-order valence-electron chi connectivity index (χ3n) is 14.9. The van der Waals surface area contributed by atoms with E-state index in [2.05, 4.69) is 0 Å². The van der Waals surface area contributed by atoms with Crippen LogP contribution in [0.25, 0.3) is 0 Å². The van der Waals surface area contributed by atoms with Crippen molar-refractivity contribution >= 4 is 28.9 Å². The van der Waals surface area contributed by atoms with Crippen LogP contribution in [0.1, 0.15) is 145 Å². The van der Waals surface area contributed by atoms with Crippen LogP contribution >= 0.6 is 0 Å². The van der Waals surface area contributed by atoms with Gasteiger partial charge in [-0.05, 0) is 66.5 Å². The number of carbonyl (C=O) groups is 5. The van der Waals surface area contributed by atoms with Gasteiger partial charge in [-0.3, -0.25) is 24.0 Å². The third-order valence-corrected chi connectivity index (χ3v) is 14.9. The highest BCUT2D eigenvalue weighted by Gasteiger charge is 2.67. The summed E-state index contributed by atoms with van der Waals surface area (Å²) < 4.78 is 54.9. The van der Waals surface area contributed by atoms with E-state index in [0.717, 1.165) is 6.08 Å². The topological polar surface area (TPSA) is 249 Å². The van der Waals surface area contributed by atoms with E-state index in [1.54, 1.807) is 27.7 Å². The number of Topliss-reactive ketones (excluding diaryl/α,β-unsaturated/α-hetero) is 5. The first kappa shape index (κ1) is 48.4. The van der Waals surface area contributed by atoms with Gasteiger partial charge >= 0.3 is 0 Å². The second-order valence-electron chi connectivity index (χ2n) is 19.9. The van der Waals surface area contributed by atoms with E-state index >= 15 is 0 Å². The van der Waals surface area contributed by atoms with Crippen LogP contribution in [0.4, 0.5) is 0 Å². The molecule has 5 heterocycles. The molecule has 0 spiro atoms. The number of rotatable bonds is 9. The Morgan fingerprint density at radius 1 is 0.687 bits per heavy atom. The molecular formula is C49H62O18. The summed E-state index contributed by atoms with van der Waals surface area (Å²) in [5.41, 5.74) is -7.98. The van der Waals surface area contributed by atoms with Gasteiger partial charge in [0, 0.05) is 74.5 Å². The van der Waals surface area contributed by atoms with E-state index in [1.807, 2.05) is 13.8 Å². The van der Waals surface area contributed by atoms with Gasteiger partial charge in [0.15, 0.2) is 59.7 Å². The monoisotopic (exact) mass is 938 g/mol. The molecule has 366 valence electrons. The van der Waals surface area contributed by atoms with E-state index < -0.39 is 120 Å². The maximum atomic E-state index is 14.4. The SMILES string of the molecule is C[C@@H]1O[C@@H](O[C@H]2CC[C@H](O[C@H]3[C@H](O)C[C@H](c4ccc5c(c4O)C(=O)C4=C(C5=O)C5(O)C(=O)C[C@](C)(O[C@H]6CC[C@H](O[C@H]7CCC(=O)[C@H](C)O7)[C@H](C)O6)CC5(O)C=C4)O[C@@H]3C)O[C@H]2C)CCC1=O. The number of benzene rings is 1. The highest BCUT2D eigenvalue weighted by molar-refractivity contribution is 6.32. The van der Waals surface area contributed by atoms with Crippen molar-refractivity contribution in [3.8, 4) is 5.75 Å². The molecular weight excluding hydrogens is 877 g/mol. The molecule has 5 aliphatic heterocycles. The van der Waals surface area contributed by atoms with Crippen molar-refractivity contribution in [2.75, 3.05) is 0 Å². The minimum atomic E-state index is -2.82. The zero-order chi connectivity index (χ0) is 47.9. The van der Waals surface area contributed by atoms with Crippen molar-refractivity contribution in [2.45, 2.75) is 215 Å². The molecule has 8 aliphatic rings. The number of allylic oxidation sites excluding steroid dienone is 2. The summed E-state index contributed by atoms with van der Waals surface area (Å²) in [6, 6.07) is 2.71. The predicted octanol–water partition coefficient (Wildman–Crippen LogP) is 3.84. The fraction of sp³-hybridized carbons (Fsp3) is 0.694. The molecule has 9 rings (SSSR count). The van der Waals surface area contributed by atoms with Crippen LogP contribution in [0.5, 0.6) is 5.75 Å². The van der Waals surface area contributed by atoms with Gasteiger partial charge < -0.3 is 63.1 Å². The number of aliphatic hydroxyl groups is 3. The average Bonchev–Trinajstić information content (AvgIpc) is 3.26. The van der Waals surface area contributed by atoms with E-state index in [9.17, 15) is 44.4 Å². The quantitative estimate of drug-likeness (QED) is 0.275. The van der Waals surface area contributed by atoms with Gasteiger partial charge in [-0.2, -0.15) is 0 Å². The maximum Gasteiger partial charge on any atom is 0.198 e. The van der Waals surface area contributed by atoms with Crippen molar-refractivity contribution in [1.29, 1.82) is 0 Å². The molecule has 18 nitrogen and oxygen atoms in total. The Kier molecular flexibility index (Phi) is 13.2. The van der Waals surface area contributed by atoms with Gasteiger partial charge in [0.25, 0.3) is 0 Å². The molecule has 1 saturated carbocycles. The van der Waals surface area contributed by atoms with Crippen molar-refractivity contribution in [1.82, 2.24) is 0 Å². The Bertz CT molecular complexity index is 2230. The largest absolute Gasteiger partial charge is 0.507 e. The smallest absolute Gasteiger partial charge is 0.198 e. The number of ether oxygens (including phenoxy) is 9. The summed E-state index contributed by atoms with van der Waals surface area (Å²) in [6.45, 7) is 10.4. The Hall–Kier alpha value is -3.63. The minimum absolute atomic E-state index is 0.0256. The summed E-state index contributed by atoms with van der Waals surface area (Å²) in [5.74, 6) is -3.17. The number of carbonyl (C=O) groups excluding carboxylic acids is 5. The standard InChI is InChI=1S/C49H62O18/c1-22-30(50)9-13-37(60-22)64-33-11-15-39(62-24(33)3)66-46-26(5)59-35(19-32(46)52)27-7-8-28-41(43(27)54)44(55)29-17-18-48(57)21-47(6,20-36(53)49(48,58)42(29)45(28)56)67-40-16-12-34(25(4)63-40)65-38-14-10-31(51)23(2)61-38/h7-8,17-18,22-26,32-35,37-40,46,52,54,57-58H,9-16,19-21H2,1-6H3/t22-,23-,24-,25-,26+,32+,33-,34-,35+,37-,38-,39-,40-,46+,47-,48?,49?/m0/s1. The minimum Gasteiger partial charge on any atom is -0.507 e. The van der Waals surface area contributed by atoms with Gasteiger partial charge in [0.1, 0.15) is 29.7 Å². The van der Waals surface area contributed by atoms with Crippen molar-refractivity contribution in [3.63, 3.8) is 0 Å². The van der Waals surface area contributed by atoms with E-state index in [1.165, 1.54) is 18.2 Å². The summed E-state index contributed by atoms with van der Waals surface area (Å²) in [5, 5.41) is 47.6. The van der Waals surface area contributed by atoms with Gasteiger partial charge in [-0.1, -0.05) is 12.1 Å². The number of aromatic hydroxyl groups is 1. The molecule has 17 atom stereocenters. The van der Waals surface area contributed by atoms with Crippen LogP contribution in [0.3, 0.4) is 0 Å². The van der Waals surface area contributed by atoms with Crippen LogP contribution in [0.2, 0.25) is 0 Å². The number of phenols is 1. The number of hydrogen-bond donors (Lipinski definition) is 4. The van der Waals surface area contributed by atoms with Crippen molar-refractivity contribution in [2.24, 2.45) is 0 Å². The lowest BCUT2D eigenvalue weighted by Gasteiger charge is -2.53. The van der Waals surface area contributed by atoms with E-state index in [4.69, 9.17) is 42.6 Å². The molecule has 5 saturated heterocycles. The Labute approximate surface area is 388 Å². The van der Waals surface area contributed by atoms with Gasteiger partial charge in [0.05, 0.1) is 59.5 Å². The van der Waals surface area contributed by atoms with Gasteiger partial charge in [0.2, 0.25) is 0 Å². The third kappa shape index (κ3) is 8.84. The Morgan fingerprint density at radius 2 is 1.27 bits per heavy atom. The first-order valence-electron chi connectivity index (χ1n) is 23.7. The number of aliphatic hydroxyl groups excluding tert-OH is 1. The molecule has 67 heavy (non-hydrogen) atoms. The zero-order valence-electron chi connectivity index (χ0n) is 38.7. The Morgan fingerprint density at radius 3 is 1.85 bits per heavy atom. The zero-order valence-corrected chi connectivity index (χ0v) is 38.7. The summed E-state index contributed by atoms with van der Waals surface area (Å²) in [4.78, 5) is 66.7. The summed E-state index contributed by atoms with van der Waals surface area (Å²) in [7, 11) is 0. The predicted molar refractivity (Wildman–Crippen MR) is 229 cm³/mol. The molecule has 1 aromatic rings. The molecule has 1 aromatic carbocycles. The maximum absolute atomic E-state index is 14.4. The van der Waals surface area contributed by atoms with Crippen LogP contribution in [-0.4, -0.2) is 146 Å². The van der Waals surface area contributed by atoms with Gasteiger partial charge in [-0.15, -0.1) is 0 Å². The lowest BCUT2D eigenvalue weighted by molar-refractivity contribution is -0.298. The number of phenolic OH excluding ortho intramolecular Hbond substituents is 1. The van der Waals surface area contributed by atoms with Crippen LogP contribution in [0, 0.1) is 0 Å². The fourth-order valence-electron chi connectivity index (χ4n) is 11.2. The van der Waals surface area contributed by atoms with Crippen LogP contribution in [0.15, 0.2) is 35.4 Å². The second kappa shape index (κ2) is 18.3. The molecule has 3 aliphatic carbocycles. The van der Waals surface area contributed by atoms with E-state index in [0.29, 0.717) is 51.4 Å². The fourth-order valence-corrected chi connectivity index (χ4v) is 11.2. The molecule has 18 heteroatoms. The highest BCUT2D eigenvalue weighted by Crippen LogP contribution is 2.53. The number of fused-ring (bicyclic) bond motifs is 3. The summed E-state index contributed by atoms with van der Waals surface area (Å²) in [6.07, 6.45) is -3.45. The number of ketones is 5. The number of hydrogen-bond acceptors (Lipinski definition) is 18. The van der Waals surface area contributed by atoms with Crippen molar-refractivity contribution < 1.29 is 87.0 Å². The molecule has 0 amide bonds. The first-order valence-corrected chi connectivity index (χ1v) is 23.7. The molecule has 2 unspecified atom stereocenters. The summed E-state index contributed by atoms with van der Waals surface area (Å²) >= 11 is 0. The lowest BCUT2D eigenvalue weighted by atomic mass is 9.57.